The van der Waals surface area contributed by atoms with Crippen molar-refractivity contribution in [2.45, 2.75) is 38.6 Å². The van der Waals surface area contributed by atoms with Crippen LogP contribution in [0, 0.1) is 12.8 Å². The summed E-state index contributed by atoms with van der Waals surface area (Å²) in [4.78, 5) is 25.3. The maximum absolute atomic E-state index is 12.6. The molecule has 2 heterocycles. The molecule has 102 valence electrons. The Labute approximate surface area is 111 Å². The molecule has 1 aromatic rings. The van der Waals surface area contributed by atoms with Crippen LogP contribution >= 0.6 is 0 Å². The van der Waals surface area contributed by atoms with E-state index in [9.17, 15) is 9.59 Å². The first-order valence-electron chi connectivity index (χ1n) is 6.66. The van der Waals surface area contributed by atoms with Crippen LogP contribution in [0.1, 0.15) is 40.9 Å². The molecule has 5 heteroatoms. The Bertz CT molecular complexity index is 534. The zero-order valence-electron chi connectivity index (χ0n) is 10.9. The van der Waals surface area contributed by atoms with E-state index in [1.807, 2.05) is 4.90 Å². The lowest BCUT2D eigenvalue weighted by atomic mass is 10.1. The predicted octanol–water partition coefficient (Wildman–Crippen LogP) is 1.84. The Morgan fingerprint density at radius 3 is 2.84 bits per heavy atom. The highest BCUT2D eigenvalue weighted by atomic mass is 16.4. The molecule has 1 aliphatic carbocycles. The molecule has 0 aromatic carbocycles. The molecule has 2 fully saturated rings. The number of aliphatic carboxylic acids is 1. The molecule has 1 N–H and O–H groups in total. The summed E-state index contributed by atoms with van der Waals surface area (Å²) >= 11 is 0. The summed E-state index contributed by atoms with van der Waals surface area (Å²) in [6.45, 7) is 2.59. The van der Waals surface area contributed by atoms with Crippen LogP contribution in [0.15, 0.2) is 10.7 Å². The molecule has 0 radical (unpaired) electrons. The van der Waals surface area contributed by atoms with Gasteiger partial charge in [0.05, 0.1) is 11.8 Å². The summed E-state index contributed by atoms with van der Waals surface area (Å²) in [5, 5.41) is 8.87. The fourth-order valence-electron chi connectivity index (χ4n) is 3.37. The summed E-state index contributed by atoms with van der Waals surface area (Å²) in [5.74, 6) is -0.136. The van der Waals surface area contributed by atoms with Gasteiger partial charge in [0.15, 0.2) is 0 Å². The Hall–Kier alpha value is -1.78. The van der Waals surface area contributed by atoms with Crippen LogP contribution in [0.4, 0.5) is 0 Å². The van der Waals surface area contributed by atoms with Crippen LogP contribution in [0.2, 0.25) is 0 Å². The molecule has 1 aromatic heterocycles. The lowest BCUT2D eigenvalue weighted by Gasteiger charge is -2.27. The first-order chi connectivity index (χ1) is 9.06. The minimum atomic E-state index is -0.980. The number of hydrogen-bond acceptors (Lipinski definition) is 3. The number of furan rings is 1. The van der Waals surface area contributed by atoms with E-state index in [-0.39, 0.29) is 18.1 Å². The fourth-order valence-corrected chi connectivity index (χ4v) is 3.37. The summed E-state index contributed by atoms with van der Waals surface area (Å²) in [6, 6.07) is 0.337. The van der Waals surface area contributed by atoms with Gasteiger partial charge in [-0.15, -0.1) is 0 Å². The van der Waals surface area contributed by atoms with E-state index in [0.717, 1.165) is 24.9 Å². The third kappa shape index (κ3) is 2.03. The number of carbonyl (C=O) groups excluding carboxylic acids is 1. The van der Waals surface area contributed by atoms with Gasteiger partial charge in [0.1, 0.15) is 12.2 Å². The number of carboxylic acid groups (broad SMARTS) is 1. The second-order valence-corrected chi connectivity index (χ2v) is 5.58. The number of aryl methyl sites for hydroxylation is 1. The van der Waals surface area contributed by atoms with Gasteiger partial charge in [-0.2, -0.15) is 0 Å². The Morgan fingerprint density at radius 2 is 2.26 bits per heavy atom. The third-order valence-corrected chi connectivity index (χ3v) is 4.25. The molecule has 2 atom stereocenters. The van der Waals surface area contributed by atoms with Gasteiger partial charge in [-0.3, -0.25) is 9.59 Å². The normalized spacial score (nSPS) is 25.0. The molecule has 2 unspecified atom stereocenters. The summed E-state index contributed by atoms with van der Waals surface area (Å²) in [7, 11) is 0. The minimum absolute atomic E-state index is 0.0605. The average molecular weight is 263 g/mol. The van der Waals surface area contributed by atoms with Crippen molar-refractivity contribution in [3.8, 4) is 0 Å². The maximum Gasteiger partial charge on any atom is 0.311 e. The number of likely N-dealkylation sites (tertiary alicyclic amines) is 1. The van der Waals surface area contributed by atoms with E-state index in [1.165, 1.54) is 12.7 Å². The number of amides is 1. The SMILES string of the molecule is Cc1coc(CC(=O)O)c1C(=O)N1CC2CCC1C2. The highest BCUT2D eigenvalue weighted by Gasteiger charge is 2.41. The first-order valence-corrected chi connectivity index (χ1v) is 6.66. The Kier molecular flexibility index (Phi) is 2.84. The zero-order chi connectivity index (χ0) is 13.6. The van der Waals surface area contributed by atoms with E-state index >= 15 is 0 Å². The van der Waals surface area contributed by atoms with Crippen LogP contribution in [0.5, 0.6) is 0 Å². The monoisotopic (exact) mass is 263 g/mol. The molecule has 1 aliphatic heterocycles. The summed E-state index contributed by atoms with van der Waals surface area (Å²) in [5.41, 5.74) is 1.18. The summed E-state index contributed by atoms with van der Waals surface area (Å²) < 4.78 is 5.24. The molecule has 1 amide bonds. The smallest absolute Gasteiger partial charge is 0.311 e. The number of hydrogen-bond donors (Lipinski definition) is 1. The Balaban J connectivity index is 1.87. The largest absolute Gasteiger partial charge is 0.481 e. The lowest BCUT2D eigenvalue weighted by Crippen LogP contribution is -2.38. The zero-order valence-corrected chi connectivity index (χ0v) is 10.9. The molecule has 1 saturated carbocycles. The number of fused-ring (bicyclic) bond motifs is 2. The molecule has 0 spiro atoms. The van der Waals surface area contributed by atoms with E-state index < -0.39 is 5.97 Å². The number of carbonyl (C=O) groups is 2. The standard InChI is InChI=1S/C14H17NO4/c1-8-7-19-11(5-12(16)17)13(8)14(18)15-6-9-2-3-10(15)4-9/h7,9-10H,2-6H2,1H3,(H,16,17). The second-order valence-electron chi connectivity index (χ2n) is 5.58. The molecule has 3 rings (SSSR count). The lowest BCUT2D eigenvalue weighted by molar-refractivity contribution is -0.136. The molecule has 5 nitrogen and oxygen atoms in total. The van der Waals surface area contributed by atoms with Gasteiger partial charge in [-0.25, -0.2) is 0 Å². The van der Waals surface area contributed by atoms with Crippen molar-refractivity contribution < 1.29 is 19.1 Å². The number of rotatable bonds is 3. The number of piperidine rings is 1. The van der Waals surface area contributed by atoms with Crippen molar-refractivity contribution in [3.63, 3.8) is 0 Å². The number of carboxylic acids is 1. The van der Waals surface area contributed by atoms with Crippen molar-refractivity contribution in [2.75, 3.05) is 6.54 Å². The quantitative estimate of drug-likeness (QED) is 0.903. The van der Waals surface area contributed by atoms with E-state index in [1.54, 1.807) is 6.92 Å². The van der Waals surface area contributed by atoms with Crippen LogP contribution in [0.3, 0.4) is 0 Å². The van der Waals surface area contributed by atoms with E-state index in [0.29, 0.717) is 17.5 Å². The van der Waals surface area contributed by atoms with Crippen molar-refractivity contribution >= 4 is 11.9 Å². The Morgan fingerprint density at radius 1 is 1.47 bits per heavy atom. The van der Waals surface area contributed by atoms with Crippen LogP contribution in [0.25, 0.3) is 0 Å². The minimum Gasteiger partial charge on any atom is -0.481 e. The van der Waals surface area contributed by atoms with E-state index in [2.05, 4.69) is 0 Å². The van der Waals surface area contributed by atoms with Crippen LogP contribution in [-0.4, -0.2) is 34.5 Å². The maximum atomic E-state index is 12.6. The van der Waals surface area contributed by atoms with Gasteiger partial charge in [-0.1, -0.05) is 0 Å². The van der Waals surface area contributed by atoms with Crippen LogP contribution in [-0.2, 0) is 11.2 Å². The summed E-state index contributed by atoms with van der Waals surface area (Å²) in [6.07, 6.45) is 4.61. The van der Waals surface area contributed by atoms with E-state index in [4.69, 9.17) is 9.52 Å². The molecular formula is C14H17NO4. The molecule has 19 heavy (non-hydrogen) atoms. The van der Waals surface area contributed by atoms with Crippen molar-refractivity contribution in [1.82, 2.24) is 4.90 Å². The number of nitrogens with zero attached hydrogens (tertiary/aromatic N) is 1. The van der Waals surface area contributed by atoms with Crippen LogP contribution < -0.4 is 0 Å². The highest BCUT2D eigenvalue weighted by molar-refractivity contribution is 5.97. The van der Waals surface area contributed by atoms with Gasteiger partial charge >= 0.3 is 5.97 Å². The molecular weight excluding hydrogens is 246 g/mol. The van der Waals surface area contributed by atoms with Crippen molar-refractivity contribution in [3.05, 3.63) is 23.2 Å². The topological polar surface area (TPSA) is 70.7 Å². The van der Waals surface area contributed by atoms with Gasteiger partial charge in [0, 0.05) is 18.2 Å². The molecule has 2 aliphatic rings. The molecule has 1 saturated heterocycles. The first kappa shape index (κ1) is 12.3. The van der Waals surface area contributed by atoms with Gasteiger partial charge in [-0.05, 0) is 32.1 Å². The second kappa shape index (κ2) is 4.40. The third-order valence-electron chi connectivity index (χ3n) is 4.25. The van der Waals surface area contributed by atoms with Gasteiger partial charge in [0.2, 0.25) is 0 Å². The highest BCUT2D eigenvalue weighted by Crippen LogP contribution is 2.38. The van der Waals surface area contributed by atoms with Crippen molar-refractivity contribution in [1.29, 1.82) is 0 Å². The predicted molar refractivity (Wildman–Crippen MR) is 67.0 cm³/mol. The molecule has 2 bridgehead atoms. The van der Waals surface area contributed by atoms with Gasteiger partial charge in [0.25, 0.3) is 5.91 Å². The fraction of sp³-hybridized carbons (Fsp3) is 0.571. The van der Waals surface area contributed by atoms with Crippen molar-refractivity contribution in [2.24, 2.45) is 5.92 Å². The average Bonchev–Trinajstić information content (AvgIpc) is 3.03. The van der Waals surface area contributed by atoms with Gasteiger partial charge < -0.3 is 14.4 Å².